The quantitative estimate of drug-likeness (QED) is 0.142. The standard InChI is InChI=1S/C23H21FN7O7P/c24-17-12-25-21(31-7-6-26-27-31)19-18(17)16(13-30(19)14-38-39(35,36)37)20(32)23(34)29-10-8-28(9-11-29)22(33)15-4-2-1-3-5-15/h1-7,12-13H,8-11,14H2,(H2,35,36,37)/p+1. The summed E-state index contributed by atoms with van der Waals surface area (Å²) in [5.41, 5.74) is 0.112. The second-order valence-electron chi connectivity index (χ2n) is 8.59. The minimum atomic E-state index is -4.83. The zero-order valence-electron chi connectivity index (χ0n) is 20.2. The van der Waals surface area contributed by atoms with Crippen molar-refractivity contribution < 1.29 is 37.6 Å². The second-order valence-corrected chi connectivity index (χ2v) is 9.90. The summed E-state index contributed by atoms with van der Waals surface area (Å²) in [6, 6.07) is 8.67. The summed E-state index contributed by atoms with van der Waals surface area (Å²) in [5.74, 6) is -3.07. The number of nitrogens with zero attached hydrogens (tertiary/aromatic N) is 7. The van der Waals surface area contributed by atoms with Crippen molar-refractivity contribution in [2.75, 3.05) is 26.2 Å². The molecule has 4 heterocycles. The van der Waals surface area contributed by atoms with Crippen molar-refractivity contribution in [3.05, 3.63) is 72.1 Å². The van der Waals surface area contributed by atoms with Gasteiger partial charge in [-0.05, 0) is 12.1 Å². The lowest BCUT2D eigenvalue weighted by atomic mass is 10.1. The van der Waals surface area contributed by atoms with Crippen LogP contribution in [0.3, 0.4) is 0 Å². The van der Waals surface area contributed by atoms with Crippen LogP contribution in [0.15, 0.2) is 55.1 Å². The predicted octanol–water partition coefficient (Wildman–Crippen LogP) is 0.502. The number of hydrogen-bond acceptors (Lipinski definition) is 7. The third kappa shape index (κ3) is 5.33. The van der Waals surface area contributed by atoms with Gasteiger partial charge in [0.2, 0.25) is 6.73 Å². The molecule has 14 nitrogen and oxygen atoms in total. The van der Waals surface area contributed by atoms with Gasteiger partial charge in [-0.25, -0.2) is 14.1 Å². The highest BCUT2D eigenvalue weighted by atomic mass is 31.2. The number of aliphatic hydroxyl groups is 1. The van der Waals surface area contributed by atoms with E-state index in [1.165, 1.54) is 22.0 Å². The number of benzene rings is 1. The van der Waals surface area contributed by atoms with Crippen LogP contribution in [0, 0.1) is 5.82 Å². The minimum Gasteiger partial charge on any atom is -0.339 e. The Morgan fingerprint density at radius 2 is 1.74 bits per heavy atom. The van der Waals surface area contributed by atoms with Gasteiger partial charge in [0.15, 0.2) is 11.6 Å². The first-order valence-electron chi connectivity index (χ1n) is 11.6. The van der Waals surface area contributed by atoms with Gasteiger partial charge in [0.25, 0.3) is 17.6 Å². The molecule has 1 aliphatic rings. The molecule has 1 saturated heterocycles. The van der Waals surface area contributed by atoms with Crippen molar-refractivity contribution in [3.63, 3.8) is 0 Å². The van der Waals surface area contributed by atoms with Crippen LogP contribution in [-0.4, -0.2) is 92.4 Å². The van der Waals surface area contributed by atoms with E-state index >= 15 is 4.39 Å². The Morgan fingerprint density at radius 3 is 2.38 bits per heavy atom. The number of fused-ring (bicyclic) bond motifs is 1. The number of aromatic nitrogens is 5. The lowest BCUT2D eigenvalue weighted by molar-refractivity contribution is -0.127. The summed E-state index contributed by atoms with van der Waals surface area (Å²) in [6.45, 7) is -0.0860. The van der Waals surface area contributed by atoms with Gasteiger partial charge >= 0.3 is 7.82 Å². The number of ketones is 1. The molecular weight excluding hydrogens is 536 g/mol. The molecule has 202 valence electrons. The average molecular weight is 558 g/mol. The molecule has 0 bridgehead atoms. The molecule has 0 aliphatic carbocycles. The number of carbonyl (C=O) groups is 3. The normalized spacial score (nSPS) is 14.1. The van der Waals surface area contributed by atoms with Crippen LogP contribution in [0.2, 0.25) is 0 Å². The topological polar surface area (TPSA) is 177 Å². The van der Waals surface area contributed by atoms with Gasteiger partial charge in [0.05, 0.1) is 29.5 Å². The number of rotatable bonds is 7. The predicted molar refractivity (Wildman–Crippen MR) is 132 cm³/mol. The zero-order chi connectivity index (χ0) is 27.7. The maximum Gasteiger partial charge on any atom is 0.631 e. The maximum absolute atomic E-state index is 15.1. The molecule has 2 amide bonds. The number of piperazine rings is 1. The Labute approximate surface area is 219 Å². The highest BCUT2D eigenvalue weighted by Gasteiger charge is 2.33. The number of hydrogen-bond donors (Lipinski definition) is 2. The van der Waals surface area contributed by atoms with E-state index in [9.17, 15) is 28.7 Å². The first-order valence-corrected chi connectivity index (χ1v) is 13.2. The van der Waals surface area contributed by atoms with Crippen molar-refractivity contribution in [2.45, 2.75) is 6.73 Å². The number of Topliss-reactive ketones (excluding diaryl/α,β-unsaturated/α-hetero) is 1. The molecule has 1 aromatic carbocycles. The molecule has 1 fully saturated rings. The fourth-order valence-corrected chi connectivity index (χ4v) is 4.64. The Hall–Kier alpha value is -4.30. The summed E-state index contributed by atoms with van der Waals surface area (Å²) in [5, 5.41) is 7.21. The Kier molecular flexibility index (Phi) is 7.06. The van der Waals surface area contributed by atoms with Crippen molar-refractivity contribution in [2.24, 2.45) is 0 Å². The molecule has 0 saturated carbocycles. The van der Waals surface area contributed by atoms with Gasteiger partial charge in [0.1, 0.15) is 5.52 Å². The highest BCUT2D eigenvalue weighted by Crippen LogP contribution is 2.35. The summed E-state index contributed by atoms with van der Waals surface area (Å²) in [6.07, 6.45) is 4.69. The van der Waals surface area contributed by atoms with Crippen molar-refractivity contribution >= 4 is 36.3 Å². The van der Waals surface area contributed by atoms with Crippen LogP contribution < -0.4 is 0 Å². The van der Waals surface area contributed by atoms with E-state index in [0.717, 1.165) is 17.0 Å². The molecular formula is C23H22FN7O7P+. The van der Waals surface area contributed by atoms with Crippen LogP contribution in [0.1, 0.15) is 20.7 Å². The van der Waals surface area contributed by atoms with Crippen LogP contribution in [0.25, 0.3) is 16.7 Å². The van der Waals surface area contributed by atoms with Crippen LogP contribution in [0.5, 0.6) is 0 Å². The van der Waals surface area contributed by atoms with Crippen molar-refractivity contribution in [3.8, 4) is 5.82 Å². The summed E-state index contributed by atoms with van der Waals surface area (Å²) >= 11 is 0. The molecule has 4 aromatic rings. The van der Waals surface area contributed by atoms with Crippen LogP contribution >= 0.6 is 7.82 Å². The van der Waals surface area contributed by atoms with Gasteiger partial charge in [-0.15, -0.1) is 5.10 Å². The van der Waals surface area contributed by atoms with Gasteiger partial charge in [0, 0.05) is 37.9 Å². The maximum atomic E-state index is 15.1. The smallest absolute Gasteiger partial charge is 0.339 e. The molecule has 0 atom stereocenters. The molecule has 0 spiro atoms. The highest BCUT2D eigenvalue weighted by molar-refractivity contribution is 7.45. The van der Waals surface area contributed by atoms with E-state index in [-0.39, 0.29) is 54.4 Å². The number of halogens is 1. The zero-order valence-corrected chi connectivity index (χ0v) is 21.1. The van der Waals surface area contributed by atoms with E-state index in [4.69, 9.17) is 0 Å². The monoisotopic (exact) mass is 558 g/mol. The van der Waals surface area contributed by atoms with Crippen molar-refractivity contribution in [1.82, 2.24) is 34.3 Å². The fourth-order valence-electron chi connectivity index (χ4n) is 4.34. The van der Waals surface area contributed by atoms with Crippen LogP contribution in [0.4, 0.5) is 4.39 Å². The molecule has 0 radical (unpaired) electrons. The molecule has 39 heavy (non-hydrogen) atoms. The Bertz CT molecular complexity index is 1600. The lowest BCUT2D eigenvalue weighted by Crippen LogP contribution is -2.52. The Balaban J connectivity index is 1.43. The molecule has 16 heteroatoms. The lowest BCUT2D eigenvalue weighted by Gasteiger charge is -2.34. The van der Waals surface area contributed by atoms with E-state index in [0.29, 0.717) is 5.56 Å². The first-order chi connectivity index (χ1) is 18.6. The van der Waals surface area contributed by atoms with Gasteiger partial charge in [-0.1, -0.05) is 23.4 Å². The SMILES string of the molecule is O=C(C(=O)N1CCN(C(=O)c2ccccc2)CC1)c1cn(C[OH+]P(=O)(O)O)c2c(-n3ccnn3)ncc(F)c12. The van der Waals surface area contributed by atoms with E-state index in [1.54, 1.807) is 35.2 Å². The number of pyridine rings is 1. The van der Waals surface area contributed by atoms with Gasteiger partial charge in [-0.2, -0.15) is 4.57 Å². The summed E-state index contributed by atoms with van der Waals surface area (Å²) < 4.78 is 32.0. The molecule has 0 unspecified atom stereocenters. The summed E-state index contributed by atoms with van der Waals surface area (Å²) in [7, 11) is -4.83. The van der Waals surface area contributed by atoms with Crippen LogP contribution in [-0.2, 0) is 16.1 Å². The third-order valence-electron chi connectivity index (χ3n) is 6.18. The summed E-state index contributed by atoms with van der Waals surface area (Å²) in [4.78, 5) is 64.6. The van der Waals surface area contributed by atoms with Gasteiger partial charge in [-0.3, -0.25) is 28.7 Å². The van der Waals surface area contributed by atoms with Crippen molar-refractivity contribution in [1.29, 1.82) is 0 Å². The molecule has 1 aliphatic heterocycles. The minimum absolute atomic E-state index is 0.00403. The van der Waals surface area contributed by atoms with E-state index < -0.39 is 32.1 Å². The first kappa shape index (κ1) is 26.3. The third-order valence-corrected chi connectivity index (χ3v) is 6.68. The van der Waals surface area contributed by atoms with Gasteiger partial charge < -0.3 is 14.3 Å². The number of carbonyl (C=O) groups excluding carboxylic acids is 3. The molecule has 3 aromatic heterocycles. The molecule has 3 N–H and O–H groups in total. The fraction of sp³-hybridized carbons (Fsp3) is 0.217. The Morgan fingerprint density at radius 1 is 1.05 bits per heavy atom. The molecule has 5 rings (SSSR count). The second kappa shape index (κ2) is 10.5. The average Bonchev–Trinajstić information content (AvgIpc) is 3.61. The largest absolute Gasteiger partial charge is 0.631 e. The van der Waals surface area contributed by atoms with E-state index in [1.807, 2.05) is 0 Å². The number of amides is 2. The van der Waals surface area contributed by atoms with E-state index in [2.05, 4.69) is 19.8 Å².